The molecule has 1 fully saturated rings. The fraction of sp³-hybridized carbons (Fsp3) is 0.571. The van der Waals surface area contributed by atoms with E-state index in [-0.39, 0.29) is 24.7 Å². The minimum absolute atomic E-state index is 0.0101. The minimum Gasteiger partial charge on any atom is -0.394 e. The van der Waals surface area contributed by atoms with Crippen molar-refractivity contribution in [3.8, 4) is 17.9 Å². The van der Waals surface area contributed by atoms with Gasteiger partial charge in [-0.3, -0.25) is 4.90 Å². The fourth-order valence-corrected chi connectivity index (χ4v) is 3.43. The van der Waals surface area contributed by atoms with Crippen molar-refractivity contribution in [3.05, 3.63) is 35.9 Å². The van der Waals surface area contributed by atoms with Gasteiger partial charge in [0.2, 0.25) is 0 Å². The molecule has 1 aromatic rings. The first-order valence-corrected chi connectivity index (χ1v) is 9.13. The molecule has 0 aromatic heterocycles. The lowest BCUT2D eigenvalue weighted by molar-refractivity contribution is 0.0535. The lowest BCUT2D eigenvalue weighted by atomic mass is 9.92. The van der Waals surface area contributed by atoms with Gasteiger partial charge in [0.15, 0.2) is 0 Å². The van der Waals surface area contributed by atoms with E-state index in [1.54, 1.807) is 0 Å². The van der Waals surface area contributed by atoms with Crippen LogP contribution in [0.4, 0.5) is 0 Å². The predicted octanol–water partition coefficient (Wildman–Crippen LogP) is 4.05. The van der Waals surface area contributed by atoms with Crippen LogP contribution < -0.4 is 0 Å². The molecule has 0 radical (unpaired) electrons. The van der Waals surface area contributed by atoms with Crippen LogP contribution in [0.5, 0.6) is 0 Å². The monoisotopic (exact) mass is 324 g/mol. The minimum atomic E-state index is -0.175. The highest BCUT2D eigenvalue weighted by molar-refractivity contribution is 5.23. The topological polar surface area (TPSA) is 47.3 Å². The zero-order valence-electron chi connectivity index (χ0n) is 14.6. The maximum absolute atomic E-state index is 10.0. The number of rotatable bonds is 6. The molecule has 3 atom stereocenters. The van der Waals surface area contributed by atoms with Crippen molar-refractivity contribution in [2.45, 2.75) is 70.0 Å². The lowest BCUT2D eigenvalue weighted by Gasteiger charge is -2.41. The van der Waals surface area contributed by atoms with Gasteiger partial charge in [0, 0.05) is 6.42 Å². The Hall–Kier alpha value is -1.81. The second kappa shape index (κ2) is 10.1. The Morgan fingerprint density at radius 1 is 1.21 bits per heavy atom. The number of unbranched alkanes of at least 4 members (excludes halogenated alkanes) is 3. The van der Waals surface area contributed by atoms with Crippen molar-refractivity contribution in [2.24, 2.45) is 0 Å². The highest BCUT2D eigenvalue weighted by atomic mass is 16.3. The van der Waals surface area contributed by atoms with E-state index in [4.69, 9.17) is 0 Å². The van der Waals surface area contributed by atoms with Gasteiger partial charge in [0.05, 0.1) is 30.8 Å². The first-order valence-electron chi connectivity index (χ1n) is 9.13. The number of benzene rings is 1. The maximum Gasteiger partial charge on any atom is 0.0993 e. The Balaban J connectivity index is 2.19. The van der Waals surface area contributed by atoms with Gasteiger partial charge in [-0.1, -0.05) is 56.0 Å². The van der Waals surface area contributed by atoms with Crippen LogP contribution in [-0.2, 0) is 0 Å². The van der Waals surface area contributed by atoms with Crippen molar-refractivity contribution < 1.29 is 5.11 Å². The van der Waals surface area contributed by atoms with Crippen LogP contribution >= 0.6 is 0 Å². The summed E-state index contributed by atoms with van der Waals surface area (Å²) in [6.45, 7) is 2.20. The highest BCUT2D eigenvalue weighted by Gasteiger charge is 2.35. The summed E-state index contributed by atoms with van der Waals surface area (Å²) in [5.74, 6) is 6.71. The summed E-state index contributed by atoms with van der Waals surface area (Å²) in [6.07, 6.45) is 7.33. The molecule has 1 saturated heterocycles. The zero-order chi connectivity index (χ0) is 17.2. The van der Waals surface area contributed by atoms with E-state index in [1.807, 2.05) is 30.3 Å². The Morgan fingerprint density at radius 3 is 2.62 bits per heavy atom. The van der Waals surface area contributed by atoms with E-state index >= 15 is 0 Å². The Morgan fingerprint density at radius 2 is 1.96 bits per heavy atom. The van der Waals surface area contributed by atoms with Gasteiger partial charge in [-0.15, -0.1) is 5.92 Å². The molecule has 128 valence electrons. The van der Waals surface area contributed by atoms with Gasteiger partial charge in [-0.05, 0) is 31.2 Å². The molecule has 3 heteroatoms. The molecule has 0 saturated carbocycles. The van der Waals surface area contributed by atoms with Gasteiger partial charge < -0.3 is 5.11 Å². The van der Waals surface area contributed by atoms with Crippen LogP contribution in [0.2, 0.25) is 0 Å². The van der Waals surface area contributed by atoms with Gasteiger partial charge >= 0.3 is 0 Å². The number of aliphatic hydroxyl groups is 1. The van der Waals surface area contributed by atoms with Crippen LogP contribution in [0.3, 0.4) is 0 Å². The summed E-state index contributed by atoms with van der Waals surface area (Å²) >= 11 is 0. The standard InChI is InChI=1S/C21H28N2O/c1-2-3-4-5-9-13-19-14-10-15-20(16-22)23(19)21(17-24)18-11-7-6-8-12-18/h6-8,11-12,19-21,24H,2-5,10,14-15,17H2,1H3/t19-,20-,21-/m0/s1. The molecule has 0 unspecified atom stereocenters. The third kappa shape index (κ3) is 4.84. The van der Waals surface area contributed by atoms with Crippen LogP contribution in [-0.4, -0.2) is 28.7 Å². The summed E-state index contributed by atoms with van der Waals surface area (Å²) in [5, 5.41) is 19.6. The van der Waals surface area contributed by atoms with Crippen LogP contribution in [0.1, 0.15) is 63.5 Å². The number of piperidine rings is 1. The molecule has 2 rings (SSSR count). The maximum atomic E-state index is 10.0. The molecule has 1 heterocycles. The summed E-state index contributed by atoms with van der Waals surface area (Å²) in [4.78, 5) is 2.14. The van der Waals surface area contributed by atoms with Crippen molar-refractivity contribution in [1.29, 1.82) is 5.26 Å². The quantitative estimate of drug-likeness (QED) is 0.634. The third-order valence-electron chi connectivity index (χ3n) is 4.72. The van der Waals surface area contributed by atoms with E-state index in [0.29, 0.717) is 0 Å². The first-order chi connectivity index (χ1) is 11.8. The number of likely N-dealkylation sites (tertiary alicyclic amines) is 1. The van der Waals surface area contributed by atoms with E-state index < -0.39 is 0 Å². The average molecular weight is 324 g/mol. The lowest BCUT2D eigenvalue weighted by Crippen LogP contribution is -2.48. The second-order valence-electron chi connectivity index (χ2n) is 6.43. The Bertz CT molecular complexity index is 581. The second-order valence-corrected chi connectivity index (χ2v) is 6.43. The summed E-state index contributed by atoms with van der Waals surface area (Å²) < 4.78 is 0. The number of nitriles is 1. The molecule has 1 N–H and O–H groups in total. The van der Waals surface area contributed by atoms with E-state index in [1.165, 1.54) is 12.8 Å². The first kappa shape index (κ1) is 18.5. The summed E-state index contributed by atoms with van der Waals surface area (Å²) in [5.41, 5.74) is 1.06. The van der Waals surface area contributed by atoms with Gasteiger partial charge in [0.1, 0.15) is 0 Å². The molecule has 0 aliphatic carbocycles. The van der Waals surface area contributed by atoms with E-state index in [2.05, 4.69) is 29.7 Å². The molecule has 1 aromatic carbocycles. The number of hydrogen-bond acceptors (Lipinski definition) is 3. The summed E-state index contributed by atoms with van der Waals surface area (Å²) in [7, 11) is 0. The number of nitrogens with zero attached hydrogens (tertiary/aromatic N) is 2. The largest absolute Gasteiger partial charge is 0.394 e. The van der Waals surface area contributed by atoms with E-state index in [9.17, 15) is 10.4 Å². The van der Waals surface area contributed by atoms with Crippen molar-refractivity contribution in [3.63, 3.8) is 0 Å². The van der Waals surface area contributed by atoms with Crippen LogP contribution in [0.15, 0.2) is 30.3 Å². The zero-order valence-corrected chi connectivity index (χ0v) is 14.6. The predicted molar refractivity (Wildman–Crippen MR) is 97.1 cm³/mol. The molecule has 1 aliphatic heterocycles. The summed E-state index contributed by atoms with van der Waals surface area (Å²) in [6, 6.07) is 12.1. The van der Waals surface area contributed by atoms with Crippen molar-refractivity contribution in [1.82, 2.24) is 4.90 Å². The fourth-order valence-electron chi connectivity index (χ4n) is 3.43. The number of aliphatic hydroxyl groups excluding tert-OH is 1. The molecule has 3 nitrogen and oxygen atoms in total. The normalized spacial score (nSPS) is 22.2. The Labute approximate surface area is 146 Å². The SMILES string of the molecule is CCCCCC#C[C@H]1CCC[C@@H](C#N)N1[C@@H](CO)c1ccccc1. The Kier molecular flexibility index (Phi) is 7.83. The molecule has 24 heavy (non-hydrogen) atoms. The molecule has 0 amide bonds. The van der Waals surface area contributed by atoms with Crippen molar-refractivity contribution in [2.75, 3.05) is 6.61 Å². The van der Waals surface area contributed by atoms with Gasteiger partial charge in [-0.25, -0.2) is 0 Å². The van der Waals surface area contributed by atoms with Crippen LogP contribution in [0, 0.1) is 23.2 Å². The molecule has 0 spiro atoms. The smallest absolute Gasteiger partial charge is 0.0993 e. The van der Waals surface area contributed by atoms with Gasteiger partial charge in [0.25, 0.3) is 0 Å². The molecular formula is C21H28N2O. The van der Waals surface area contributed by atoms with Crippen molar-refractivity contribution >= 4 is 0 Å². The average Bonchev–Trinajstić information content (AvgIpc) is 2.64. The molecular weight excluding hydrogens is 296 g/mol. The molecule has 1 aliphatic rings. The molecule has 0 bridgehead atoms. The van der Waals surface area contributed by atoms with Crippen LogP contribution in [0.25, 0.3) is 0 Å². The number of hydrogen-bond donors (Lipinski definition) is 1. The highest BCUT2D eigenvalue weighted by Crippen LogP contribution is 2.32. The van der Waals surface area contributed by atoms with Gasteiger partial charge in [-0.2, -0.15) is 5.26 Å². The van der Waals surface area contributed by atoms with E-state index in [0.717, 1.165) is 37.7 Å². The third-order valence-corrected chi connectivity index (χ3v) is 4.72.